The summed E-state index contributed by atoms with van der Waals surface area (Å²) in [4.78, 5) is 12.0. The van der Waals surface area contributed by atoms with E-state index in [0.29, 0.717) is 16.4 Å². The largest absolute Gasteiger partial charge is 0.492 e. The molecule has 1 fully saturated rings. The summed E-state index contributed by atoms with van der Waals surface area (Å²) in [5, 5.41) is 0. The molecule has 2 heterocycles. The Kier molecular flexibility index (Phi) is 4.78. The van der Waals surface area contributed by atoms with Gasteiger partial charge in [-0.2, -0.15) is 0 Å². The summed E-state index contributed by atoms with van der Waals surface area (Å²) in [6, 6.07) is 11.2. The second-order valence-corrected chi connectivity index (χ2v) is 10.5. The molecule has 0 unspecified atom stereocenters. The minimum atomic E-state index is -4.04. The van der Waals surface area contributed by atoms with E-state index in [9.17, 15) is 21.6 Å². The summed E-state index contributed by atoms with van der Waals surface area (Å²) in [7, 11) is -7.85. The standard InChI is InChI=1S/C19H20N2O6S2/c1-2-27-17-8-7-15(21-19(22)10-12-28(21,23)24)13-18(17)29(25,26)20-11-9-14-5-3-4-6-16(14)20/h3-8,13H,2,9-12H2,1H3. The number of carbonyl (C=O) groups excluding carboxylic acids is 1. The van der Waals surface area contributed by atoms with Crippen LogP contribution in [0.1, 0.15) is 18.9 Å². The number of nitrogens with zero attached hydrogens (tertiary/aromatic N) is 2. The molecule has 0 aliphatic carbocycles. The normalized spacial score (nSPS) is 18.2. The molecule has 0 spiro atoms. The topological polar surface area (TPSA) is 101 Å². The lowest BCUT2D eigenvalue weighted by Gasteiger charge is -2.23. The second kappa shape index (κ2) is 7.03. The molecule has 0 N–H and O–H groups in total. The third kappa shape index (κ3) is 3.25. The van der Waals surface area contributed by atoms with Crippen molar-refractivity contribution in [3.63, 3.8) is 0 Å². The average molecular weight is 437 g/mol. The van der Waals surface area contributed by atoms with Crippen LogP contribution in [0.25, 0.3) is 0 Å². The molecular formula is C19H20N2O6S2. The third-order valence-corrected chi connectivity index (χ3v) is 8.48. The Hall–Kier alpha value is -2.59. The number of carbonyl (C=O) groups is 1. The van der Waals surface area contributed by atoms with Crippen LogP contribution >= 0.6 is 0 Å². The summed E-state index contributed by atoms with van der Waals surface area (Å²) in [5.74, 6) is -0.755. The maximum Gasteiger partial charge on any atom is 0.268 e. The van der Waals surface area contributed by atoms with Crippen molar-refractivity contribution >= 4 is 37.3 Å². The number of ether oxygens (including phenoxy) is 1. The summed E-state index contributed by atoms with van der Waals surface area (Å²) in [6.45, 7) is 2.24. The number of amides is 1. The van der Waals surface area contributed by atoms with E-state index in [-0.39, 0.29) is 41.7 Å². The zero-order valence-electron chi connectivity index (χ0n) is 15.7. The number of fused-ring (bicyclic) bond motifs is 1. The van der Waals surface area contributed by atoms with Crippen LogP contribution in [0.15, 0.2) is 47.4 Å². The number of hydrogen-bond acceptors (Lipinski definition) is 6. The van der Waals surface area contributed by atoms with Crippen LogP contribution in [0.5, 0.6) is 5.75 Å². The number of rotatable bonds is 5. The van der Waals surface area contributed by atoms with Gasteiger partial charge in [0.05, 0.1) is 23.7 Å². The highest BCUT2D eigenvalue weighted by atomic mass is 32.2. The van der Waals surface area contributed by atoms with Crippen LogP contribution in [0.4, 0.5) is 11.4 Å². The smallest absolute Gasteiger partial charge is 0.268 e. The molecule has 1 amide bonds. The van der Waals surface area contributed by atoms with E-state index < -0.39 is 26.0 Å². The molecule has 8 nitrogen and oxygen atoms in total. The molecule has 154 valence electrons. The Bertz CT molecular complexity index is 1190. The molecule has 1 saturated heterocycles. The van der Waals surface area contributed by atoms with E-state index in [1.54, 1.807) is 19.1 Å². The van der Waals surface area contributed by atoms with Crippen LogP contribution in [0.2, 0.25) is 0 Å². The summed E-state index contributed by atoms with van der Waals surface area (Å²) < 4.78 is 59.0. The van der Waals surface area contributed by atoms with Gasteiger partial charge in [-0.15, -0.1) is 0 Å². The fourth-order valence-electron chi connectivity index (χ4n) is 3.64. The van der Waals surface area contributed by atoms with Crippen molar-refractivity contribution < 1.29 is 26.4 Å². The van der Waals surface area contributed by atoms with E-state index in [1.807, 2.05) is 12.1 Å². The lowest BCUT2D eigenvalue weighted by Crippen LogP contribution is -2.31. The highest BCUT2D eigenvalue weighted by molar-refractivity contribution is 7.94. The number of benzene rings is 2. The molecule has 0 radical (unpaired) electrons. The van der Waals surface area contributed by atoms with Crippen LogP contribution in [-0.4, -0.2) is 41.6 Å². The van der Waals surface area contributed by atoms with Gasteiger partial charge in [-0.3, -0.25) is 9.10 Å². The Morgan fingerprint density at radius 1 is 1.10 bits per heavy atom. The maximum atomic E-state index is 13.5. The van der Waals surface area contributed by atoms with E-state index in [0.717, 1.165) is 5.56 Å². The predicted octanol–water partition coefficient (Wildman–Crippen LogP) is 1.90. The quantitative estimate of drug-likeness (QED) is 0.710. The fraction of sp³-hybridized carbons (Fsp3) is 0.316. The van der Waals surface area contributed by atoms with Crippen LogP contribution in [0.3, 0.4) is 0 Å². The van der Waals surface area contributed by atoms with Gasteiger partial charge in [-0.05, 0) is 43.2 Å². The molecule has 29 heavy (non-hydrogen) atoms. The van der Waals surface area contributed by atoms with E-state index >= 15 is 0 Å². The second-order valence-electron chi connectivity index (χ2n) is 6.74. The van der Waals surface area contributed by atoms with Crippen molar-refractivity contribution in [2.75, 3.05) is 27.5 Å². The lowest BCUT2D eigenvalue weighted by atomic mass is 10.2. The van der Waals surface area contributed by atoms with Crippen LogP contribution in [-0.2, 0) is 31.3 Å². The van der Waals surface area contributed by atoms with E-state index in [2.05, 4.69) is 0 Å². The monoisotopic (exact) mass is 436 g/mol. The molecule has 4 rings (SSSR count). The van der Waals surface area contributed by atoms with Gasteiger partial charge in [0, 0.05) is 13.0 Å². The molecule has 0 atom stereocenters. The van der Waals surface area contributed by atoms with Crippen LogP contribution < -0.4 is 13.3 Å². The highest BCUT2D eigenvalue weighted by Crippen LogP contribution is 2.38. The van der Waals surface area contributed by atoms with Gasteiger partial charge in [0.15, 0.2) is 0 Å². The number of anilines is 2. The molecular weight excluding hydrogens is 416 g/mol. The molecule has 0 aromatic heterocycles. The highest BCUT2D eigenvalue weighted by Gasteiger charge is 2.38. The van der Waals surface area contributed by atoms with Gasteiger partial charge in [-0.25, -0.2) is 21.1 Å². The minimum absolute atomic E-state index is 0.00186. The number of para-hydroxylation sites is 1. The zero-order valence-corrected chi connectivity index (χ0v) is 17.4. The van der Waals surface area contributed by atoms with Gasteiger partial charge in [-0.1, -0.05) is 18.2 Å². The summed E-state index contributed by atoms with van der Waals surface area (Å²) >= 11 is 0. The van der Waals surface area contributed by atoms with Gasteiger partial charge in [0.2, 0.25) is 15.9 Å². The van der Waals surface area contributed by atoms with Crippen molar-refractivity contribution in [3.8, 4) is 5.75 Å². The average Bonchev–Trinajstić information content (AvgIpc) is 3.23. The van der Waals surface area contributed by atoms with E-state index in [1.165, 1.54) is 22.5 Å². The molecule has 10 heteroatoms. The molecule has 2 aliphatic heterocycles. The zero-order chi connectivity index (χ0) is 20.8. The first-order valence-electron chi connectivity index (χ1n) is 9.19. The molecule has 2 aromatic carbocycles. The van der Waals surface area contributed by atoms with Crippen LogP contribution in [0, 0.1) is 0 Å². The van der Waals surface area contributed by atoms with Crippen molar-refractivity contribution in [1.29, 1.82) is 0 Å². The Morgan fingerprint density at radius 2 is 1.86 bits per heavy atom. The first-order chi connectivity index (χ1) is 13.8. The molecule has 0 bridgehead atoms. The summed E-state index contributed by atoms with van der Waals surface area (Å²) in [6.07, 6.45) is 0.454. The van der Waals surface area contributed by atoms with Crippen molar-refractivity contribution in [3.05, 3.63) is 48.0 Å². The van der Waals surface area contributed by atoms with E-state index in [4.69, 9.17) is 4.74 Å². The molecule has 2 aliphatic rings. The first-order valence-corrected chi connectivity index (χ1v) is 12.2. The fourth-order valence-corrected chi connectivity index (χ4v) is 6.75. The number of sulfonamides is 2. The maximum absolute atomic E-state index is 13.5. The molecule has 2 aromatic rings. The molecule has 0 saturated carbocycles. The SMILES string of the molecule is CCOc1ccc(N2C(=O)CCS2(=O)=O)cc1S(=O)(=O)N1CCc2ccccc21. The Labute approximate surface area is 169 Å². The Morgan fingerprint density at radius 3 is 2.55 bits per heavy atom. The van der Waals surface area contributed by atoms with Gasteiger partial charge < -0.3 is 4.74 Å². The van der Waals surface area contributed by atoms with Crippen molar-refractivity contribution in [2.45, 2.75) is 24.7 Å². The summed E-state index contributed by atoms with van der Waals surface area (Å²) in [5.41, 5.74) is 1.51. The third-order valence-electron chi connectivity index (χ3n) is 4.95. The minimum Gasteiger partial charge on any atom is -0.492 e. The van der Waals surface area contributed by atoms with Gasteiger partial charge >= 0.3 is 0 Å². The Balaban J connectivity index is 1.85. The lowest BCUT2D eigenvalue weighted by molar-refractivity contribution is -0.116. The first kappa shape index (κ1) is 19.7. The van der Waals surface area contributed by atoms with Crippen molar-refractivity contribution in [1.82, 2.24) is 0 Å². The number of hydrogen-bond donors (Lipinski definition) is 0. The van der Waals surface area contributed by atoms with Gasteiger partial charge in [0.1, 0.15) is 10.6 Å². The van der Waals surface area contributed by atoms with Gasteiger partial charge in [0.25, 0.3) is 10.0 Å². The predicted molar refractivity (Wildman–Crippen MR) is 108 cm³/mol. The van der Waals surface area contributed by atoms with Crippen molar-refractivity contribution in [2.24, 2.45) is 0 Å².